The van der Waals surface area contributed by atoms with Crippen LogP contribution in [0.3, 0.4) is 0 Å². The average molecular weight is 288 g/mol. The molecule has 94 valence electrons. The van der Waals surface area contributed by atoms with Crippen LogP contribution in [0, 0.1) is 0 Å². The summed E-state index contributed by atoms with van der Waals surface area (Å²) in [5.74, 6) is 0. The van der Waals surface area contributed by atoms with Crippen LogP contribution in [0.1, 0.15) is 64.2 Å². The molecule has 0 amide bonds. The Bertz CT molecular complexity index is 165. The maximum atomic E-state index is 3.64. The number of rotatable bonds is 4. The van der Waals surface area contributed by atoms with Gasteiger partial charge in [-0.1, -0.05) is 54.5 Å². The molecule has 0 aromatic rings. The summed E-state index contributed by atoms with van der Waals surface area (Å²) < 4.78 is 0. The summed E-state index contributed by atoms with van der Waals surface area (Å²) in [6.07, 6.45) is 14.7. The summed E-state index contributed by atoms with van der Waals surface area (Å²) >= 11 is 3.64. The second kappa shape index (κ2) is 7.00. The van der Waals surface area contributed by atoms with Crippen molar-refractivity contribution in [3.8, 4) is 0 Å². The molecule has 2 saturated carbocycles. The van der Waals surface area contributed by atoms with Crippen LogP contribution in [0.4, 0.5) is 0 Å². The van der Waals surface area contributed by atoms with Gasteiger partial charge < -0.3 is 0 Å². The highest BCUT2D eigenvalue weighted by Gasteiger charge is 2.27. The van der Waals surface area contributed by atoms with Gasteiger partial charge in [0.15, 0.2) is 0 Å². The Labute approximate surface area is 109 Å². The summed E-state index contributed by atoms with van der Waals surface area (Å²) in [6.45, 7) is 1.27. The molecule has 2 aliphatic rings. The third kappa shape index (κ3) is 3.46. The van der Waals surface area contributed by atoms with Gasteiger partial charge in [-0.15, -0.1) is 0 Å². The maximum absolute atomic E-state index is 3.64. The van der Waals surface area contributed by atoms with Crippen molar-refractivity contribution >= 4 is 15.9 Å². The SMILES string of the molecule is BrCCN(C1CCCCC1)C1CCCCC1. The molecule has 2 aliphatic carbocycles. The van der Waals surface area contributed by atoms with E-state index in [9.17, 15) is 0 Å². The Balaban J connectivity index is 1.91. The monoisotopic (exact) mass is 287 g/mol. The molecule has 0 spiro atoms. The molecule has 2 rings (SSSR count). The standard InChI is InChI=1S/C14H26BrN/c15-11-12-16(13-7-3-1-4-8-13)14-9-5-2-6-10-14/h13-14H,1-12H2. The number of halogens is 1. The Morgan fingerprint density at radius 3 is 1.56 bits per heavy atom. The van der Waals surface area contributed by atoms with E-state index < -0.39 is 0 Å². The van der Waals surface area contributed by atoms with E-state index in [4.69, 9.17) is 0 Å². The van der Waals surface area contributed by atoms with Crippen LogP contribution in [0.5, 0.6) is 0 Å². The molecule has 0 unspecified atom stereocenters. The zero-order chi connectivity index (χ0) is 11.2. The van der Waals surface area contributed by atoms with Gasteiger partial charge >= 0.3 is 0 Å². The smallest absolute Gasteiger partial charge is 0.0159 e. The Morgan fingerprint density at radius 1 is 0.750 bits per heavy atom. The van der Waals surface area contributed by atoms with Crippen LogP contribution >= 0.6 is 15.9 Å². The number of hydrogen-bond donors (Lipinski definition) is 0. The maximum Gasteiger partial charge on any atom is 0.0159 e. The molecule has 16 heavy (non-hydrogen) atoms. The van der Waals surface area contributed by atoms with Gasteiger partial charge in [-0.2, -0.15) is 0 Å². The lowest BCUT2D eigenvalue weighted by atomic mass is 9.89. The van der Waals surface area contributed by atoms with E-state index >= 15 is 0 Å². The van der Waals surface area contributed by atoms with Gasteiger partial charge in [0, 0.05) is 24.0 Å². The van der Waals surface area contributed by atoms with Gasteiger partial charge in [0.05, 0.1) is 0 Å². The van der Waals surface area contributed by atoms with E-state index in [2.05, 4.69) is 20.8 Å². The van der Waals surface area contributed by atoms with E-state index in [0.29, 0.717) is 0 Å². The summed E-state index contributed by atoms with van der Waals surface area (Å²) in [6, 6.07) is 1.82. The van der Waals surface area contributed by atoms with Gasteiger partial charge in [-0.05, 0) is 25.7 Å². The van der Waals surface area contributed by atoms with Gasteiger partial charge in [-0.3, -0.25) is 4.90 Å². The molecule has 0 atom stereocenters. The zero-order valence-corrected chi connectivity index (χ0v) is 12.1. The molecule has 0 aliphatic heterocycles. The largest absolute Gasteiger partial charge is 0.297 e. The molecule has 0 radical (unpaired) electrons. The minimum Gasteiger partial charge on any atom is -0.297 e. The quantitative estimate of drug-likeness (QED) is 0.695. The van der Waals surface area contributed by atoms with Gasteiger partial charge in [0.2, 0.25) is 0 Å². The molecule has 0 heterocycles. The molecule has 0 aromatic heterocycles. The van der Waals surface area contributed by atoms with Gasteiger partial charge in [-0.25, -0.2) is 0 Å². The molecule has 2 heteroatoms. The van der Waals surface area contributed by atoms with Crippen LogP contribution in [-0.4, -0.2) is 28.9 Å². The third-order valence-electron chi connectivity index (χ3n) is 4.43. The first-order valence-corrected chi connectivity index (χ1v) is 8.35. The van der Waals surface area contributed by atoms with Crippen molar-refractivity contribution < 1.29 is 0 Å². The van der Waals surface area contributed by atoms with Crippen LogP contribution in [-0.2, 0) is 0 Å². The van der Waals surface area contributed by atoms with Crippen LogP contribution in [0.25, 0.3) is 0 Å². The minimum absolute atomic E-state index is 0.911. The summed E-state index contributed by atoms with van der Waals surface area (Å²) in [5.41, 5.74) is 0. The fourth-order valence-electron chi connectivity index (χ4n) is 3.59. The normalized spacial score (nSPS) is 25.1. The van der Waals surface area contributed by atoms with Crippen molar-refractivity contribution in [2.24, 2.45) is 0 Å². The van der Waals surface area contributed by atoms with Crippen LogP contribution in [0.2, 0.25) is 0 Å². The van der Waals surface area contributed by atoms with E-state index in [-0.39, 0.29) is 0 Å². The average Bonchev–Trinajstić information content (AvgIpc) is 2.38. The highest BCUT2D eigenvalue weighted by Crippen LogP contribution is 2.29. The lowest BCUT2D eigenvalue weighted by Crippen LogP contribution is -2.46. The van der Waals surface area contributed by atoms with E-state index in [1.165, 1.54) is 70.8 Å². The van der Waals surface area contributed by atoms with Crippen molar-refractivity contribution in [2.45, 2.75) is 76.3 Å². The Hall–Kier alpha value is 0.440. The molecule has 0 saturated heterocycles. The lowest BCUT2D eigenvalue weighted by Gasteiger charge is -2.41. The fourth-order valence-corrected chi connectivity index (χ4v) is 4.00. The van der Waals surface area contributed by atoms with Crippen LogP contribution in [0.15, 0.2) is 0 Å². The predicted octanol–water partition coefficient (Wildman–Crippen LogP) is 4.35. The summed E-state index contributed by atoms with van der Waals surface area (Å²) in [5, 5.41) is 1.15. The predicted molar refractivity (Wildman–Crippen MR) is 74.2 cm³/mol. The van der Waals surface area contributed by atoms with E-state index in [1.54, 1.807) is 0 Å². The van der Waals surface area contributed by atoms with Gasteiger partial charge in [0.25, 0.3) is 0 Å². The highest BCUT2D eigenvalue weighted by molar-refractivity contribution is 9.09. The first kappa shape index (κ1) is 12.9. The molecular weight excluding hydrogens is 262 g/mol. The third-order valence-corrected chi connectivity index (χ3v) is 4.78. The first-order chi connectivity index (χ1) is 7.92. The number of nitrogens with zero attached hydrogens (tertiary/aromatic N) is 1. The molecular formula is C14H26BrN. The Morgan fingerprint density at radius 2 is 1.19 bits per heavy atom. The molecule has 0 aromatic carbocycles. The lowest BCUT2D eigenvalue weighted by molar-refractivity contribution is 0.0884. The fraction of sp³-hybridized carbons (Fsp3) is 1.00. The second-order valence-corrected chi connectivity index (χ2v) is 6.30. The Kier molecular flexibility index (Phi) is 5.64. The van der Waals surface area contributed by atoms with Crippen molar-refractivity contribution in [3.63, 3.8) is 0 Å². The van der Waals surface area contributed by atoms with Crippen LogP contribution < -0.4 is 0 Å². The molecule has 2 fully saturated rings. The first-order valence-electron chi connectivity index (χ1n) is 7.23. The molecule has 1 nitrogen and oxygen atoms in total. The van der Waals surface area contributed by atoms with E-state index in [0.717, 1.165) is 17.4 Å². The summed E-state index contributed by atoms with van der Waals surface area (Å²) in [4.78, 5) is 2.85. The van der Waals surface area contributed by atoms with Crippen molar-refractivity contribution in [2.75, 3.05) is 11.9 Å². The highest BCUT2D eigenvalue weighted by atomic mass is 79.9. The summed E-state index contributed by atoms with van der Waals surface area (Å²) in [7, 11) is 0. The van der Waals surface area contributed by atoms with E-state index in [1.807, 2.05) is 0 Å². The van der Waals surface area contributed by atoms with Gasteiger partial charge in [0.1, 0.15) is 0 Å². The van der Waals surface area contributed by atoms with Crippen molar-refractivity contribution in [3.05, 3.63) is 0 Å². The zero-order valence-electron chi connectivity index (χ0n) is 10.5. The topological polar surface area (TPSA) is 3.24 Å². The molecule has 0 bridgehead atoms. The molecule has 0 N–H and O–H groups in total. The second-order valence-electron chi connectivity index (χ2n) is 5.51. The number of hydrogen-bond acceptors (Lipinski definition) is 1. The number of alkyl halides is 1. The van der Waals surface area contributed by atoms with Crippen molar-refractivity contribution in [1.29, 1.82) is 0 Å². The minimum atomic E-state index is 0.911. The van der Waals surface area contributed by atoms with Crippen molar-refractivity contribution in [1.82, 2.24) is 4.90 Å².